The minimum Gasteiger partial charge on any atom is -0.452 e. The summed E-state index contributed by atoms with van der Waals surface area (Å²) in [5, 5.41) is 6.68. The van der Waals surface area contributed by atoms with Gasteiger partial charge in [0.05, 0.1) is 16.1 Å². The summed E-state index contributed by atoms with van der Waals surface area (Å²) < 4.78 is 33.1. The monoisotopic (exact) mass is 456 g/mol. The average molecular weight is 457 g/mol. The van der Waals surface area contributed by atoms with Gasteiger partial charge in [0, 0.05) is 31.2 Å². The number of nitrogens with one attached hydrogen (secondary N) is 1. The predicted octanol–water partition coefficient (Wildman–Crippen LogP) is 2.70. The van der Waals surface area contributed by atoms with Gasteiger partial charge in [-0.25, -0.2) is 17.9 Å². The molecule has 0 radical (unpaired) electrons. The van der Waals surface area contributed by atoms with Crippen molar-refractivity contribution in [2.75, 3.05) is 25.0 Å². The van der Waals surface area contributed by atoms with Gasteiger partial charge in [0.15, 0.2) is 6.61 Å². The molecule has 10 heteroatoms. The number of hydrogen-bond donors (Lipinski definition) is 1. The molecule has 9 nitrogen and oxygen atoms in total. The SMILES string of the molecule is CCN(CC)S(=O)(=O)c1ccc(NC(=O)COC(=O)c2ccc(-n3cccn3)cc2)cc1. The Morgan fingerprint density at radius 2 is 1.69 bits per heavy atom. The first kappa shape index (κ1) is 23.2. The van der Waals surface area contributed by atoms with E-state index in [1.807, 2.05) is 0 Å². The van der Waals surface area contributed by atoms with Crippen LogP contribution in [-0.4, -0.2) is 54.1 Å². The number of anilines is 1. The van der Waals surface area contributed by atoms with Gasteiger partial charge in [0.2, 0.25) is 10.0 Å². The van der Waals surface area contributed by atoms with E-state index in [2.05, 4.69) is 10.4 Å². The molecule has 1 aromatic heterocycles. The van der Waals surface area contributed by atoms with E-state index in [1.54, 1.807) is 61.3 Å². The summed E-state index contributed by atoms with van der Waals surface area (Å²) >= 11 is 0. The van der Waals surface area contributed by atoms with E-state index < -0.39 is 28.5 Å². The van der Waals surface area contributed by atoms with Crippen LogP contribution in [0.25, 0.3) is 5.69 Å². The number of rotatable bonds is 9. The molecule has 0 atom stereocenters. The van der Waals surface area contributed by atoms with Crippen molar-refractivity contribution in [2.24, 2.45) is 0 Å². The largest absolute Gasteiger partial charge is 0.452 e. The lowest BCUT2D eigenvalue weighted by molar-refractivity contribution is -0.119. The fourth-order valence-electron chi connectivity index (χ4n) is 3.01. The summed E-state index contributed by atoms with van der Waals surface area (Å²) in [5.41, 5.74) is 1.49. The number of carbonyl (C=O) groups excluding carboxylic acids is 2. The number of ether oxygens (including phenoxy) is 1. The highest BCUT2D eigenvalue weighted by Crippen LogP contribution is 2.18. The second kappa shape index (κ2) is 10.2. The molecule has 0 aliphatic carbocycles. The Morgan fingerprint density at radius 3 is 2.25 bits per heavy atom. The Labute approximate surface area is 186 Å². The molecule has 0 aliphatic heterocycles. The molecule has 3 aromatic rings. The van der Waals surface area contributed by atoms with Crippen molar-refractivity contribution < 1.29 is 22.7 Å². The van der Waals surface area contributed by atoms with Crippen molar-refractivity contribution in [3.05, 3.63) is 72.6 Å². The van der Waals surface area contributed by atoms with Gasteiger partial charge in [-0.3, -0.25) is 4.79 Å². The number of esters is 1. The summed E-state index contributed by atoms with van der Waals surface area (Å²) in [6, 6.07) is 14.2. The van der Waals surface area contributed by atoms with Crippen LogP contribution >= 0.6 is 0 Å². The smallest absolute Gasteiger partial charge is 0.338 e. The van der Waals surface area contributed by atoms with Crippen molar-refractivity contribution in [1.82, 2.24) is 14.1 Å². The van der Waals surface area contributed by atoms with Crippen LogP contribution in [0.5, 0.6) is 0 Å². The van der Waals surface area contributed by atoms with Crippen LogP contribution in [0.4, 0.5) is 5.69 Å². The minimum absolute atomic E-state index is 0.143. The molecule has 0 fully saturated rings. The Morgan fingerprint density at radius 1 is 1.03 bits per heavy atom. The van der Waals surface area contributed by atoms with E-state index in [-0.39, 0.29) is 4.90 Å². The number of hydrogen-bond acceptors (Lipinski definition) is 6. The topological polar surface area (TPSA) is 111 Å². The second-order valence-electron chi connectivity index (χ2n) is 6.74. The highest BCUT2D eigenvalue weighted by Gasteiger charge is 2.21. The highest BCUT2D eigenvalue weighted by molar-refractivity contribution is 7.89. The number of amides is 1. The maximum atomic E-state index is 12.5. The molecular formula is C22H24N4O5S. The van der Waals surface area contributed by atoms with E-state index in [4.69, 9.17) is 4.74 Å². The lowest BCUT2D eigenvalue weighted by Crippen LogP contribution is -2.30. The molecule has 0 saturated heterocycles. The van der Waals surface area contributed by atoms with Crippen molar-refractivity contribution in [3.63, 3.8) is 0 Å². The standard InChI is InChI=1S/C22H24N4O5S/c1-3-25(4-2)32(29,30)20-12-8-18(9-13-20)24-21(27)16-31-22(28)17-6-10-19(11-7-17)26-15-5-14-23-26/h5-15H,3-4,16H2,1-2H3,(H,24,27). The summed E-state index contributed by atoms with van der Waals surface area (Å²) in [7, 11) is -3.57. The normalized spacial score (nSPS) is 11.3. The van der Waals surface area contributed by atoms with E-state index in [1.165, 1.54) is 28.6 Å². The molecule has 0 unspecified atom stereocenters. The molecule has 1 N–H and O–H groups in total. The van der Waals surface area contributed by atoms with Crippen LogP contribution in [0, 0.1) is 0 Å². The zero-order valence-electron chi connectivity index (χ0n) is 17.8. The lowest BCUT2D eigenvalue weighted by Gasteiger charge is -2.18. The first-order chi connectivity index (χ1) is 15.3. The molecule has 0 spiro atoms. The third-order valence-electron chi connectivity index (χ3n) is 4.69. The second-order valence-corrected chi connectivity index (χ2v) is 8.67. The maximum absolute atomic E-state index is 12.5. The van der Waals surface area contributed by atoms with Gasteiger partial charge in [-0.15, -0.1) is 0 Å². The van der Waals surface area contributed by atoms with Gasteiger partial charge in [0.25, 0.3) is 5.91 Å². The van der Waals surface area contributed by atoms with E-state index in [9.17, 15) is 18.0 Å². The molecule has 0 aliphatic rings. The van der Waals surface area contributed by atoms with Gasteiger partial charge in [-0.2, -0.15) is 9.40 Å². The van der Waals surface area contributed by atoms with Gasteiger partial charge in [-0.05, 0) is 54.6 Å². The molecule has 32 heavy (non-hydrogen) atoms. The number of aromatic nitrogens is 2. The van der Waals surface area contributed by atoms with Gasteiger partial charge in [0.1, 0.15) is 0 Å². The summed E-state index contributed by atoms with van der Waals surface area (Å²) in [4.78, 5) is 24.4. The molecule has 2 aromatic carbocycles. The molecule has 1 amide bonds. The van der Waals surface area contributed by atoms with E-state index in [0.29, 0.717) is 24.3 Å². The maximum Gasteiger partial charge on any atom is 0.338 e. The summed E-state index contributed by atoms with van der Waals surface area (Å²) in [5.74, 6) is -1.17. The Hall–Kier alpha value is -3.50. The summed E-state index contributed by atoms with van der Waals surface area (Å²) in [6.07, 6.45) is 3.43. The molecule has 0 saturated carbocycles. The first-order valence-corrected chi connectivity index (χ1v) is 11.5. The first-order valence-electron chi connectivity index (χ1n) is 10.0. The van der Waals surface area contributed by atoms with Crippen molar-refractivity contribution in [2.45, 2.75) is 18.7 Å². The number of carbonyl (C=O) groups is 2. The zero-order valence-corrected chi connectivity index (χ0v) is 18.6. The van der Waals surface area contributed by atoms with Gasteiger partial charge >= 0.3 is 5.97 Å². The molecule has 168 valence electrons. The van der Waals surface area contributed by atoms with E-state index in [0.717, 1.165) is 5.69 Å². The van der Waals surface area contributed by atoms with Crippen LogP contribution in [-0.2, 0) is 19.6 Å². The average Bonchev–Trinajstić information content (AvgIpc) is 3.33. The van der Waals surface area contributed by atoms with Crippen molar-refractivity contribution in [1.29, 1.82) is 0 Å². The van der Waals surface area contributed by atoms with Crippen LogP contribution in [0.15, 0.2) is 71.9 Å². The number of nitrogens with zero attached hydrogens (tertiary/aromatic N) is 3. The third kappa shape index (κ3) is 5.40. The number of sulfonamides is 1. The molecule has 1 heterocycles. The fraction of sp³-hybridized carbons (Fsp3) is 0.227. The molecule has 3 rings (SSSR count). The Bertz CT molecular complexity index is 1150. The molecular weight excluding hydrogens is 432 g/mol. The lowest BCUT2D eigenvalue weighted by atomic mass is 10.2. The Kier molecular flexibility index (Phi) is 7.39. The van der Waals surface area contributed by atoms with Gasteiger partial charge in [-0.1, -0.05) is 13.8 Å². The third-order valence-corrected chi connectivity index (χ3v) is 6.75. The van der Waals surface area contributed by atoms with Crippen LogP contribution < -0.4 is 5.32 Å². The molecule has 0 bridgehead atoms. The minimum atomic E-state index is -3.57. The van der Waals surface area contributed by atoms with E-state index >= 15 is 0 Å². The summed E-state index contributed by atoms with van der Waals surface area (Å²) in [6.45, 7) is 3.80. The van der Waals surface area contributed by atoms with Crippen LogP contribution in [0.1, 0.15) is 24.2 Å². The van der Waals surface area contributed by atoms with Crippen LogP contribution in [0.2, 0.25) is 0 Å². The highest BCUT2D eigenvalue weighted by atomic mass is 32.2. The van der Waals surface area contributed by atoms with Crippen LogP contribution in [0.3, 0.4) is 0 Å². The van der Waals surface area contributed by atoms with Crippen molar-refractivity contribution in [3.8, 4) is 5.69 Å². The zero-order chi connectivity index (χ0) is 23.1. The quantitative estimate of drug-likeness (QED) is 0.496. The van der Waals surface area contributed by atoms with Gasteiger partial charge < -0.3 is 10.1 Å². The fourth-order valence-corrected chi connectivity index (χ4v) is 4.46. The Balaban J connectivity index is 1.54. The van der Waals surface area contributed by atoms with Crippen molar-refractivity contribution >= 4 is 27.6 Å². The predicted molar refractivity (Wildman–Crippen MR) is 119 cm³/mol. The number of benzene rings is 2.